The highest BCUT2D eigenvalue weighted by atomic mass is 32.1. The average molecular weight is 438 g/mol. The topological polar surface area (TPSA) is 64.6 Å². The van der Waals surface area contributed by atoms with Crippen molar-refractivity contribution in [3.8, 4) is 16.9 Å². The minimum Gasteiger partial charge on any atom is -0.494 e. The van der Waals surface area contributed by atoms with E-state index >= 15 is 0 Å². The second-order valence-electron chi connectivity index (χ2n) is 7.07. The van der Waals surface area contributed by atoms with Crippen molar-refractivity contribution in [1.82, 2.24) is 0 Å². The van der Waals surface area contributed by atoms with E-state index in [4.69, 9.17) is 9.47 Å². The summed E-state index contributed by atoms with van der Waals surface area (Å²) < 4.78 is 10.8. The smallest absolute Gasteiger partial charge is 0.341 e. The normalized spacial score (nSPS) is 10.5. The Balaban J connectivity index is 1.78. The number of hydrogen-bond donors (Lipinski definition) is 1. The van der Waals surface area contributed by atoms with Crippen LogP contribution in [0.4, 0.5) is 5.00 Å². The number of amides is 1. The second-order valence-corrected chi connectivity index (χ2v) is 7.94. The zero-order valence-corrected chi connectivity index (χ0v) is 18.9. The summed E-state index contributed by atoms with van der Waals surface area (Å²) in [5.74, 6) is 0.191. The maximum absolute atomic E-state index is 12.7. The number of rotatable bonds is 9. The highest BCUT2D eigenvalue weighted by molar-refractivity contribution is 7.15. The highest BCUT2D eigenvalue weighted by Gasteiger charge is 2.22. The minimum absolute atomic E-state index is 0.133. The number of thiophene rings is 1. The summed E-state index contributed by atoms with van der Waals surface area (Å²) >= 11 is 1.33. The van der Waals surface area contributed by atoms with Crippen molar-refractivity contribution in [3.63, 3.8) is 0 Å². The first-order valence-corrected chi connectivity index (χ1v) is 11.3. The van der Waals surface area contributed by atoms with Gasteiger partial charge in [0.1, 0.15) is 16.3 Å². The van der Waals surface area contributed by atoms with E-state index in [1.165, 1.54) is 16.9 Å². The van der Waals surface area contributed by atoms with Gasteiger partial charge in [0.15, 0.2) is 0 Å². The number of carbonyl (C=O) groups excluding carboxylic acids is 2. The Bertz CT molecular complexity index is 1020. The second kappa shape index (κ2) is 10.8. The first kappa shape index (κ1) is 22.6. The van der Waals surface area contributed by atoms with Gasteiger partial charge < -0.3 is 14.8 Å². The van der Waals surface area contributed by atoms with Crippen LogP contribution in [0, 0.1) is 6.92 Å². The predicted molar refractivity (Wildman–Crippen MR) is 125 cm³/mol. The molecular formula is C25H27NO4S. The number of anilines is 1. The van der Waals surface area contributed by atoms with Crippen LogP contribution >= 0.6 is 11.3 Å². The molecule has 1 N–H and O–H groups in total. The van der Waals surface area contributed by atoms with Crippen LogP contribution in [0.25, 0.3) is 11.1 Å². The zero-order chi connectivity index (χ0) is 22.2. The van der Waals surface area contributed by atoms with Gasteiger partial charge in [0.25, 0.3) is 0 Å². The first-order chi connectivity index (χ1) is 15.0. The number of aryl methyl sites for hydroxylation is 2. The van der Waals surface area contributed by atoms with Gasteiger partial charge in [-0.3, -0.25) is 4.79 Å². The van der Waals surface area contributed by atoms with Crippen molar-refractivity contribution < 1.29 is 19.1 Å². The molecule has 0 bridgehead atoms. The number of ether oxygens (including phenoxy) is 2. The molecule has 0 saturated carbocycles. The Kier molecular flexibility index (Phi) is 7.84. The van der Waals surface area contributed by atoms with Gasteiger partial charge in [0.05, 0.1) is 13.2 Å². The third-order valence-electron chi connectivity index (χ3n) is 4.76. The molecule has 3 rings (SSSR count). The van der Waals surface area contributed by atoms with E-state index in [0.717, 1.165) is 22.4 Å². The lowest BCUT2D eigenvalue weighted by Gasteiger charge is -2.10. The lowest BCUT2D eigenvalue weighted by molar-refractivity contribution is -0.116. The van der Waals surface area contributed by atoms with E-state index in [0.29, 0.717) is 30.0 Å². The highest BCUT2D eigenvalue weighted by Crippen LogP contribution is 2.37. The lowest BCUT2D eigenvalue weighted by atomic mass is 10.0. The molecule has 2 aromatic carbocycles. The summed E-state index contributed by atoms with van der Waals surface area (Å²) in [5, 5.41) is 5.29. The fourth-order valence-electron chi connectivity index (χ4n) is 3.17. The molecule has 0 atom stereocenters. The molecule has 0 fully saturated rings. The van der Waals surface area contributed by atoms with Gasteiger partial charge >= 0.3 is 5.97 Å². The Labute approximate surface area is 187 Å². The summed E-state index contributed by atoms with van der Waals surface area (Å²) in [7, 11) is 0. The first-order valence-electron chi connectivity index (χ1n) is 10.4. The molecule has 1 heterocycles. The van der Waals surface area contributed by atoms with Gasteiger partial charge in [-0.25, -0.2) is 4.79 Å². The maximum atomic E-state index is 12.7. The maximum Gasteiger partial charge on any atom is 0.341 e. The third kappa shape index (κ3) is 5.95. The Hall–Kier alpha value is -3.12. The molecule has 5 nitrogen and oxygen atoms in total. The van der Waals surface area contributed by atoms with Crippen LogP contribution in [0.2, 0.25) is 0 Å². The van der Waals surface area contributed by atoms with E-state index in [1.807, 2.05) is 67.8 Å². The Morgan fingerprint density at radius 3 is 2.32 bits per heavy atom. The Morgan fingerprint density at radius 1 is 0.968 bits per heavy atom. The summed E-state index contributed by atoms with van der Waals surface area (Å²) in [5.41, 5.74) is 4.28. The zero-order valence-electron chi connectivity index (χ0n) is 18.1. The van der Waals surface area contributed by atoms with E-state index in [2.05, 4.69) is 5.32 Å². The Morgan fingerprint density at radius 2 is 1.68 bits per heavy atom. The summed E-state index contributed by atoms with van der Waals surface area (Å²) in [6.07, 6.45) is 0.972. The van der Waals surface area contributed by atoms with Crippen LogP contribution in [-0.4, -0.2) is 25.1 Å². The van der Waals surface area contributed by atoms with Crippen LogP contribution in [0.5, 0.6) is 5.75 Å². The number of carbonyl (C=O) groups is 2. The third-order valence-corrected chi connectivity index (χ3v) is 5.66. The molecular weight excluding hydrogens is 410 g/mol. The van der Waals surface area contributed by atoms with Gasteiger partial charge in [-0.1, -0.05) is 42.0 Å². The van der Waals surface area contributed by atoms with Gasteiger partial charge in [-0.2, -0.15) is 0 Å². The predicted octanol–water partition coefficient (Wildman–Crippen LogP) is 5.87. The van der Waals surface area contributed by atoms with Crippen LogP contribution < -0.4 is 10.1 Å². The van der Waals surface area contributed by atoms with Crippen molar-refractivity contribution in [2.24, 2.45) is 0 Å². The largest absolute Gasteiger partial charge is 0.494 e. The van der Waals surface area contributed by atoms with E-state index in [9.17, 15) is 9.59 Å². The SMILES string of the molecule is CCOC(=O)c1c(-c2ccc(OCC)cc2)csc1NC(=O)CCc1ccc(C)cc1. The number of hydrogen-bond acceptors (Lipinski definition) is 5. The number of benzene rings is 2. The van der Waals surface area contributed by atoms with E-state index < -0.39 is 5.97 Å². The summed E-state index contributed by atoms with van der Waals surface area (Å²) in [6.45, 7) is 6.58. The van der Waals surface area contributed by atoms with Crippen molar-refractivity contribution in [2.45, 2.75) is 33.6 Å². The molecule has 0 spiro atoms. The van der Waals surface area contributed by atoms with Crippen molar-refractivity contribution in [1.29, 1.82) is 0 Å². The molecule has 6 heteroatoms. The molecule has 1 amide bonds. The molecule has 0 aliphatic heterocycles. The van der Waals surface area contributed by atoms with Crippen molar-refractivity contribution in [3.05, 3.63) is 70.6 Å². The van der Waals surface area contributed by atoms with E-state index in [1.54, 1.807) is 6.92 Å². The fourth-order valence-corrected chi connectivity index (χ4v) is 4.14. The molecule has 3 aromatic rings. The van der Waals surface area contributed by atoms with Gasteiger partial charge in [0, 0.05) is 17.4 Å². The number of nitrogens with one attached hydrogen (secondary N) is 1. The van der Waals surface area contributed by atoms with Crippen LogP contribution in [0.15, 0.2) is 53.9 Å². The molecule has 0 unspecified atom stereocenters. The molecule has 1 aromatic heterocycles. The molecule has 0 aliphatic carbocycles. The molecule has 0 radical (unpaired) electrons. The van der Waals surface area contributed by atoms with Gasteiger partial charge in [0.2, 0.25) is 5.91 Å². The van der Waals surface area contributed by atoms with Crippen LogP contribution in [-0.2, 0) is 16.0 Å². The standard InChI is InChI=1S/C25H27NO4S/c1-4-29-20-13-11-19(12-14-20)21-16-31-24(23(21)25(28)30-5-2)26-22(27)15-10-18-8-6-17(3)7-9-18/h6-9,11-14,16H,4-5,10,15H2,1-3H3,(H,26,27). The van der Waals surface area contributed by atoms with Gasteiger partial charge in [-0.15, -0.1) is 11.3 Å². The average Bonchev–Trinajstić information content (AvgIpc) is 3.18. The minimum atomic E-state index is -0.443. The summed E-state index contributed by atoms with van der Waals surface area (Å²) in [4.78, 5) is 25.3. The monoisotopic (exact) mass is 437 g/mol. The fraction of sp³-hybridized carbons (Fsp3) is 0.280. The quantitative estimate of drug-likeness (QED) is 0.425. The van der Waals surface area contributed by atoms with Gasteiger partial charge in [-0.05, 0) is 50.5 Å². The van der Waals surface area contributed by atoms with Crippen LogP contribution in [0.1, 0.15) is 41.8 Å². The molecule has 162 valence electrons. The summed E-state index contributed by atoms with van der Waals surface area (Å²) in [6, 6.07) is 15.7. The lowest BCUT2D eigenvalue weighted by Crippen LogP contribution is -2.15. The van der Waals surface area contributed by atoms with Crippen molar-refractivity contribution in [2.75, 3.05) is 18.5 Å². The van der Waals surface area contributed by atoms with E-state index in [-0.39, 0.29) is 12.5 Å². The number of esters is 1. The van der Waals surface area contributed by atoms with Crippen molar-refractivity contribution >= 4 is 28.2 Å². The molecule has 0 saturated heterocycles. The molecule has 0 aliphatic rings. The molecule has 31 heavy (non-hydrogen) atoms. The van der Waals surface area contributed by atoms with Crippen LogP contribution in [0.3, 0.4) is 0 Å².